The summed E-state index contributed by atoms with van der Waals surface area (Å²) in [6, 6.07) is 6.73. The smallest absolute Gasteiger partial charge is 0.124 e. The monoisotopic (exact) mass is 263 g/mol. The zero-order valence-corrected chi connectivity index (χ0v) is 12.2. The maximum absolute atomic E-state index is 5.92. The van der Waals surface area contributed by atoms with Crippen LogP contribution in [0.25, 0.3) is 0 Å². The summed E-state index contributed by atoms with van der Waals surface area (Å²) in [6.07, 6.45) is 4.17. The number of benzene rings is 1. The third kappa shape index (κ3) is 3.71. The Morgan fingerprint density at radius 3 is 2.74 bits per heavy atom. The van der Waals surface area contributed by atoms with Gasteiger partial charge in [0.05, 0.1) is 19.3 Å². The fraction of sp³-hybridized carbons (Fsp3) is 0.625. The Hall–Kier alpha value is -1.06. The molecule has 1 aromatic rings. The highest BCUT2D eigenvalue weighted by Gasteiger charge is 2.18. The van der Waals surface area contributed by atoms with Gasteiger partial charge in [-0.15, -0.1) is 0 Å². The highest BCUT2D eigenvalue weighted by atomic mass is 16.5. The predicted molar refractivity (Wildman–Crippen MR) is 77.5 cm³/mol. The van der Waals surface area contributed by atoms with Crippen LogP contribution in [0.5, 0.6) is 5.75 Å². The summed E-state index contributed by atoms with van der Waals surface area (Å²) in [7, 11) is 1.98. The van der Waals surface area contributed by atoms with Crippen LogP contribution in [0.3, 0.4) is 0 Å². The lowest BCUT2D eigenvalue weighted by Gasteiger charge is -2.26. The number of hydrogen-bond donors (Lipinski definition) is 1. The highest BCUT2D eigenvalue weighted by Crippen LogP contribution is 2.28. The van der Waals surface area contributed by atoms with Crippen molar-refractivity contribution in [2.45, 2.75) is 51.9 Å². The van der Waals surface area contributed by atoms with Gasteiger partial charge in [-0.3, -0.25) is 0 Å². The van der Waals surface area contributed by atoms with E-state index in [0.717, 1.165) is 11.3 Å². The van der Waals surface area contributed by atoms with E-state index in [1.165, 1.54) is 24.8 Å². The molecule has 1 N–H and O–H groups in total. The van der Waals surface area contributed by atoms with Gasteiger partial charge in [0.2, 0.25) is 0 Å². The fourth-order valence-corrected chi connectivity index (χ4v) is 2.19. The second-order valence-corrected chi connectivity index (χ2v) is 5.17. The van der Waals surface area contributed by atoms with Crippen LogP contribution < -0.4 is 10.1 Å². The molecule has 1 saturated carbocycles. The Bertz CT molecular complexity index is 402. The average molecular weight is 263 g/mol. The lowest BCUT2D eigenvalue weighted by molar-refractivity contribution is -0.00949. The van der Waals surface area contributed by atoms with E-state index in [4.69, 9.17) is 9.47 Å². The average Bonchev–Trinajstić information content (AvgIpc) is 2.38. The summed E-state index contributed by atoms with van der Waals surface area (Å²) in [5.74, 6) is 0.953. The molecule has 2 rings (SSSR count). The Labute approximate surface area is 116 Å². The summed E-state index contributed by atoms with van der Waals surface area (Å²) in [5, 5.41) is 3.27. The SMILES string of the molecule is CCOc1ccc(C(C)NC)cc1COC1CCC1. The molecule has 0 aromatic heterocycles. The zero-order valence-electron chi connectivity index (χ0n) is 12.2. The maximum atomic E-state index is 5.92. The Balaban J connectivity index is 2.09. The molecule has 0 bridgehead atoms. The van der Waals surface area contributed by atoms with Crippen LogP contribution in [0, 0.1) is 0 Å². The molecule has 1 unspecified atom stereocenters. The van der Waals surface area contributed by atoms with Crippen molar-refractivity contribution in [1.29, 1.82) is 0 Å². The molecule has 19 heavy (non-hydrogen) atoms. The number of hydrogen-bond acceptors (Lipinski definition) is 3. The molecule has 1 aliphatic rings. The van der Waals surface area contributed by atoms with Gasteiger partial charge in [-0.05, 0) is 57.9 Å². The van der Waals surface area contributed by atoms with Gasteiger partial charge in [0.1, 0.15) is 5.75 Å². The molecule has 0 spiro atoms. The van der Waals surface area contributed by atoms with Crippen molar-refractivity contribution in [3.63, 3.8) is 0 Å². The van der Waals surface area contributed by atoms with Crippen molar-refractivity contribution in [2.24, 2.45) is 0 Å². The van der Waals surface area contributed by atoms with Gasteiger partial charge in [0.15, 0.2) is 0 Å². The van der Waals surface area contributed by atoms with Crippen LogP contribution in [-0.4, -0.2) is 19.8 Å². The van der Waals surface area contributed by atoms with E-state index in [2.05, 4.69) is 30.4 Å². The lowest BCUT2D eigenvalue weighted by Crippen LogP contribution is -2.21. The van der Waals surface area contributed by atoms with Crippen molar-refractivity contribution in [2.75, 3.05) is 13.7 Å². The van der Waals surface area contributed by atoms with E-state index in [0.29, 0.717) is 25.4 Å². The molecule has 106 valence electrons. The molecule has 0 saturated heterocycles. The van der Waals surface area contributed by atoms with Crippen molar-refractivity contribution < 1.29 is 9.47 Å². The summed E-state index contributed by atoms with van der Waals surface area (Å²) in [4.78, 5) is 0. The molecule has 3 heteroatoms. The van der Waals surface area contributed by atoms with Crippen molar-refractivity contribution >= 4 is 0 Å². The van der Waals surface area contributed by atoms with Crippen molar-refractivity contribution in [3.05, 3.63) is 29.3 Å². The third-order valence-corrected chi connectivity index (χ3v) is 3.84. The first-order valence-corrected chi connectivity index (χ1v) is 7.29. The maximum Gasteiger partial charge on any atom is 0.124 e. The first-order chi connectivity index (χ1) is 9.24. The Kier molecular flexibility index (Phi) is 5.23. The standard InChI is InChI=1S/C16H25NO2/c1-4-18-16-9-8-13(12(2)17-3)10-14(16)11-19-15-6-5-7-15/h8-10,12,15,17H,4-7,11H2,1-3H3. The third-order valence-electron chi connectivity index (χ3n) is 3.84. The minimum atomic E-state index is 0.345. The minimum absolute atomic E-state index is 0.345. The first kappa shape index (κ1) is 14.4. The fourth-order valence-electron chi connectivity index (χ4n) is 2.19. The van der Waals surface area contributed by atoms with Gasteiger partial charge in [0.25, 0.3) is 0 Å². The van der Waals surface area contributed by atoms with E-state index in [1.54, 1.807) is 0 Å². The summed E-state index contributed by atoms with van der Waals surface area (Å²) in [6.45, 7) is 5.52. The quantitative estimate of drug-likeness (QED) is 0.817. The van der Waals surface area contributed by atoms with Crippen molar-refractivity contribution in [3.8, 4) is 5.75 Å². The topological polar surface area (TPSA) is 30.5 Å². The van der Waals surface area contributed by atoms with Crippen LogP contribution in [0.15, 0.2) is 18.2 Å². The predicted octanol–water partition coefficient (Wildman–Crippen LogP) is 3.43. The van der Waals surface area contributed by atoms with Gasteiger partial charge in [-0.25, -0.2) is 0 Å². The molecule has 0 amide bonds. The molecule has 0 radical (unpaired) electrons. The van der Waals surface area contributed by atoms with E-state index in [9.17, 15) is 0 Å². The second-order valence-electron chi connectivity index (χ2n) is 5.17. The molecular weight excluding hydrogens is 238 g/mol. The molecule has 1 atom stereocenters. The normalized spacial score (nSPS) is 17.0. The van der Waals surface area contributed by atoms with E-state index < -0.39 is 0 Å². The molecule has 0 heterocycles. The van der Waals surface area contributed by atoms with Crippen LogP contribution >= 0.6 is 0 Å². The summed E-state index contributed by atoms with van der Waals surface area (Å²) in [5.41, 5.74) is 2.44. The molecule has 1 fully saturated rings. The molecule has 3 nitrogen and oxygen atoms in total. The zero-order chi connectivity index (χ0) is 13.7. The Morgan fingerprint density at radius 1 is 1.37 bits per heavy atom. The number of ether oxygens (including phenoxy) is 2. The largest absolute Gasteiger partial charge is 0.494 e. The molecular formula is C16H25NO2. The molecule has 1 aromatic carbocycles. The van der Waals surface area contributed by atoms with Gasteiger partial charge < -0.3 is 14.8 Å². The van der Waals surface area contributed by atoms with Crippen LogP contribution in [-0.2, 0) is 11.3 Å². The molecule has 1 aliphatic carbocycles. The van der Waals surface area contributed by atoms with Crippen LogP contribution in [0.1, 0.15) is 50.3 Å². The van der Waals surface area contributed by atoms with E-state index in [-0.39, 0.29) is 0 Å². The van der Waals surface area contributed by atoms with Gasteiger partial charge in [0, 0.05) is 11.6 Å². The highest BCUT2D eigenvalue weighted by molar-refractivity contribution is 5.38. The van der Waals surface area contributed by atoms with Crippen LogP contribution in [0.2, 0.25) is 0 Å². The first-order valence-electron chi connectivity index (χ1n) is 7.29. The minimum Gasteiger partial charge on any atom is -0.494 e. The molecule has 0 aliphatic heterocycles. The second kappa shape index (κ2) is 6.92. The van der Waals surface area contributed by atoms with Crippen LogP contribution in [0.4, 0.5) is 0 Å². The van der Waals surface area contributed by atoms with Crippen molar-refractivity contribution in [1.82, 2.24) is 5.32 Å². The van der Waals surface area contributed by atoms with E-state index >= 15 is 0 Å². The Morgan fingerprint density at radius 2 is 2.16 bits per heavy atom. The van der Waals surface area contributed by atoms with Gasteiger partial charge >= 0.3 is 0 Å². The van der Waals surface area contributed by atoms with E-state index in [1.807, 2.05) is 14.0 Å². The van der Waals surface area contributed by atoms with Gasteiger partial charge in [-0.2, -0.15) is 0 Å². The number of rotatable bonds is 7. The summed E-state index contributed by atoms with van der Waals surface area (Å²) >= 11 is 0. The lowest BCUT2D eigenvalue weighted by atomic mass is 9.96. The van der Waals surface area contributed by atoms with Gasteiger partial charge in [-0.1, -0.05) is 6.07 Å². The number of nitrogens with one attached hydrogen (secondary N) is 1. The summed E-state index contributed by atoms with van der Waals surface area (Å²) < 4.78 is 11.6.